The highest BCUT2D eigenvalue weighted by atomic mass is 16.5. The number of nitrogens with one attached hydrogen (secondary N) is 2. The number of para-hydroxylation sites is 2. The molecule has 0 bridgehead atoms. The van der Waals surface area contributed by atoms with Crippen LogP contribution in [-0.4, -0.2) is 24.0 Å². The molecule has 24 heavy (non-hydrogen) atoms. The second-order valence-electron chi connectivity index (χ2n) is 5.86. The lowest BCUT2D eigenvalue weighted by Gasteiger charge is -2.17. The van der Waals surface area contributed by atoms with E-state index >= 15 is 0 Å². The summed E-state index contributed by atoms with van der Waals surface area (Å²) in [5, 5.41) is 5.72. The van der Waals surface area contributed by atoms with Crippen LogP contribution in [0.25, 0.3) is 0 Å². The lowest BCUT2D eigenvalue weighted by molar-refractivity contribution is -0.127. The van der Waals surface area contributed by atoms with Crippen molar-refractivity contribution in [1.29, 1.82) is 0 Å². The minimum Gasteiger partial charge on any atom is -0.480 e. The topological polar surface area (TPSA) is 67.4 Å². The minimum absolute atomic E-state index is 0.157. The summed E-state index contributed by atoms with van der Waals surface area (Å²) in [7, 11) is 0. The maximum Gasteiger partial charge on any atom is 0.260 e. The van der Waals surface area contributed by atoms with E-state index in [-0.39, 0.29) is 17.9 Å². The van der Waals surface area contributed by atoms with E-state index < -0.39 is 6.10 Å². The number of carbonyl (C=O) groups is 2. The fourth-order valence-electron chi connectivity index (χ4n) is 2.27. The van der Waals surface area contributed by atoms with Crippen molar-refractivity contribution in [3.05, 3.63) is 60.2 Å². The minimum atomic E-state index is -0.656. The Labute approximate surface area is 141 Å². The summed E-state index contributed by atoms with van der Waals surface area (Å²) in [4.78, 5) is 24.5. The third-order valence-corrected chi connectivity index (χ3v) is 3.76. The molecule has 0 radical (unpaired) electrons. The maximum absolute atomic E-state index is 12.5. The first-order valence-corrected chi connectivity index (χ1v) is 8.06. The summed E-state index contributed by atoms with van der Waals surface area (Å²) in [5.41, 5.74) is 1.10. The molecule has 0 unspecified atom stereocenters. The van der Waals surface area contributed by atoms with Crippen LogP contribution in [-0.2, 0) is 4.79 Å². The molecule has 1 fully saturated rings. The molecule has 1 aliphatic rings. The normalized spacial score (nSPS) is 14.5. The molecule has 0 saturated heterocycles. The summed E-state index contributed by atoms with van der Waals surface area (Å²) in [5.74, 6) is -0.0354. The highest BCUT2D eigenvalue weighted by Gasteiger charge is 2.27. The zero-order valence-electron chi connectivity index (χ0n) is 13.5. The number of rotatable bonds is 6. The Hall–Kier alpha value is -2.82. The quantitative estimate of drug-likeness (QED) is 0.858. The fourth-order valence-corrected chi connectivity index (χ4v) is 2.27. The van der Waals surface area contributed by atoms with Crippen LogP contribution in [0.3, 0.4) is 0 Å². The van der Waals surface area contributed by atoms with Gasteiger partial charge in [-0.2, -0.15) is 0 Å². The lowest BCUT2D eigenvalue weighted by Crippen LogP contribution is -2.37. The van der Waals surface area contributed by atoms with Gasteiger partial charge in [-0.15, -0.1) is 0 Å². The zero-order valence-corrected chi connectivity index (χ0v) is 13.5. The average molecular weight is 324 g/mol. The van der Waals surface area contributed by atoms with E-state index in [1.165, 1.54) is 0 Å². The monoisotopic (exact) mass is 324 g/mol. The summed E-state index contributed by atoms with van der Waals surface area (Å²) >= 11 is 0. The molecule has 3 rings (SSSR count). The predicted molar refractivity (Wildman–Crippen MR) is 92.1 cm³/mol. The Balaban J connectivity index is 1.70. The first kappa shape index (κ1) is 16.1. The van der Waals surface area contributed by atoms with E-state index in [9.17, 15) is 9.59 Å². The van der Waals surface area contributed by atoms with Gasteiger partial charge in [0.1, 0.15) is 5.75 Å². The standard InChI is InChI=1S/C19H20N2O3/c1-13(18(22)20-15-11-12-15)24-17-10-6-5-9-16(17)19(23)21-14-7-3-2-4-8-14/h2-10,13,15H,11-12H2,1H3,(H,20,22)(H,21,23)/t13-/m1/s1. The summed E-state index contributed by atoms with van der Waals surface area (Å²) in [6.07, 6.45) is 1.39. The van der Waals surface area contributed by atoms with Crippen LogP contribution in [0.15, 0.2) is 54.6 Å². The van der Waals surface area contributed by atoms with Crippen LogP contribution >= 0.6 is 0 Å². The van der Waals surface area contributed by atoms with E-state index in [0.29, 0.717) is 17.0 Å². The molecule has 2 amide bonds. The van der Waals surface area contributed by atoms with Gasteiger partial charge >= 0.3 is 0 Å². The van der Waals surface area contributed by atoms with Crippen molar-refractivity contribution in [2.24, 2.45) is 0 Å². The van der Waals surface area contributed by atoms with E-state index in [4.69, 9.17) is 4.74 Å². The van der Waals surface area contributed by atoms with Gasteiger partial charge in [-0.25, -0.2) is 0 Å². The smallest absolute Gasteiger partial charge is 0.260 e. The summed E-state index contributed by atoms with van der Waals surface area (Å²) < 4.78 is 5.72. The fraction of sp³-hybridized carbons (Fsp3) is 0.263. The third-order valence-electron chi connectivity index (χ3n) is 3.76. The third kappa shape index (κ3) is 4.13. The van der Waals surface area contributed by atoms with Gasteiger partial charge in [-0.1, -0.05) is 30.3 Å². The number of ether oxygens (including phenoxy) is 1. The van der Waals surface area contributed by atoms with E-state index in [1.807, 2.05) is 30.3 Å². The number of anilines is 1. The van der Waals surface area contributed by atoms with E-state index in [2.05, 4.69) is 10.6 Å². The number of amides is 2. The van der Waals surface area contributed by atoms with Gasteiger partial charge in [0.2, 0.25) is 0 Å². The number of benzene rings is 2. The molecular formula is C19H20N2O3. The van der Waals surface area contributed by atoms with Crippen LogP contribution in [0.4, 0.5) is 5.69 Å². The molecule has 2 aromatic rings. The molecule has 5 heteroatoms. The zero-order chi connectivity index (χ0) is 16.9. The van der Waals surface area contributed by atoms with E-state index in [0.717, 1.165) is 12.8 Å². The van der Waals surface area contributed by atoms with Gasteiger partial charge in [0.15, 0.2) is 6.10 Å². The van der Waals surface area contributed by atoms with Crippen LogP contribution < -0.4 is 15.4 Å². The van der Waals surface area contributed by atoms with Crippen LogP contribution in [0.5, 0.6) is 5.75 Å². The molecule has 2 aromatic carbocycles. The Morgan fingerprint density at radius 1 is 1.04 bits per heavy atom. The molecule has 1 saturated carbocycles. The SMILES string of the molecule is C[C@@H](Oc1ccccc1C(=O)Nc1ccccc1)C(=O)NC1CC1. The molecular weight excluding hydrogens is 304 g/mol. The van der Waals surface area contributed by atoms with E-state index in [1.54, 1.807) is 31.2 Å². The molecule has 1 aliphatic carbocycles. The van der Waals surface area contributed by atoms with Crippen molar-refractivity contribution in [3.8, 4) is 5.75 Å². The molecule has 0 spiro atoms. The predicted octanol–water partition coefficient (Wildman–Crippen LogP) is 2.98. The molecule has 124 valence electrons. The first-order chi connectivity index (χ1) is 11.6. The average Bonchev–Trinajstić information content (AvgIpc) is 3.40. The summed E-state index contributed by atoms with van der Waals surface area (Å²) in [6.45, 7) is 1.68. The second-order valence-corrected chi connectivity index (χ2v) is 5.86. The van der Waals surface area contributed by atoms with Crippen molar-refractivity contribution < 1.29 is 14.3 Å². The summed E-state index contributed by atoms with van der Waals surface area (Å²) in [6, 6.07) is 16.4. The van der Waals surface area contributed by atoms with Gasteiger partial charge in [0.25, 0.3) is 11.8 Å². The van der Waals surface area contributed by atoms with Gasteiger partial charge in [0, 0.05) is 11.7 Å². The molecule has 5 nitrogen and oxygen atoms in total. The number of hydrogen-bond donors (Lipinski definition) is 2. The Morgan fingerprint density at radius 2 is 1.71 bits per heavy atom. The van der Waals surface area contributed by atoms with Crippen LogP contribution in [0.2, 0.25) is 0 Å². The van der Waals surface area contributed by atoms with Crippen LogP contribution in [0, 0.1) is 0 Å². The Kier molecular flexibility index (Phi) is 4.79. The number of hydrogen-bond acceptors (Lipinski definition) is 3. The largest absolute Gasteiger partial charge is 0.480 e. The molecule has 0 aromatic heterocycles. The van der Waals surface area contributed by atoms with Gasteiger partial charge in [0.05, 0.1) is 5.56 Å². The highest BCUT2D eigenvalue weighted by molar-refractivity contribution is 6.06. The van der Waals surface area contributed by atoms with Crippen molar-refractivity contribution in [2.45, 2.75) is 31.9 Å². The Morgan fingerprint density at radius 3 is 2.42 bits per heavy atom. The van der Waals surface area contributed by atoms with Crippen molar-refractivity contribution in [2.75, 3.05) is 5.32 Å². The van der Waals surface area contributed by atoms with Gasteiger partial charge < -0.3 is 15.4 Å². The van der Waals surface area contributed by atoms with Crippen molar-refractivity contribution in [3.63, 3.8) is 0 Å². The highest BCUT2D eigenvalue weighted by Crippen LogP contribution is 2.22. The maximum atomic E-state index is 12.5. The molecule has 1 atom stereocenters. The van der Waals surface area contributed by atoms with Crippen LogP contribution in [0.1, 0.15) is 30.1 Å². The molecule has 0 aliphatic heterocycles. The first-order valence-electron chi connectivity index (χ1n) is 8.06. The number of carbonyl (C=O) groups excluding carboxylic acids is 2. The molecule has 0 heterocycles. The van der Waals surface area contributed by atoms with Gasteiger partial charge in [-0.05, 0) is 44.0 Å². The van der Waals surface area contributed by atoms with Gasteiger partial charge in [-0.3, -0.25) is 9.59 Å². The second kappa shape index (κ2) is 7.17. The lowest BCUT2D eigenvalue weighted by atomic mass is 10.1. The van der Waals surface area contributed by atoms with Crippen molar-refractivity contribution >= 4 is 17.5 Å². The Bertz CT molecular complexity index is 726. The molecule has 2 N–H and O–H groups in total. The van der Waals surface area contributed by atoms with Crippen molar-refractivity contribution in [1.82, 2.24) is 5.32 Å².